The summed E-state index contributed by atoms with van der Waals surface area (Å²) in [5.41, 5.74) is -0.857. The highest BCUT2D eigenvalue weighted by atomic mass is 19.4. The van der Waals surface area contributed by atoms with Gasteiger partial charge in [0, 0.05) is 6.54 Å². The van der Waals surface area contributed by atoms with Crippen LogP contribution in [0.3, 0.4) is 0 Å². The number of amides is 4. The largest absolute Gasteiger partial charge is 0.471 e. The van der Waals surface area contributed by atoms with Gasteiger partial charge in [-0.25, -0.2) is 9.59 Å². The summed E-state index contributed by atoms with van der Waals surface area (Å²) >= 11 is 0. The molecule has 0 aromatic rings. The molecule has 0 aliphatic heterocycles. The molecule has 34 heavy (non-hydrogen) atoms. The first-order valence-corrected chi connectivity index (χ1v) is 10.5. The van der Waals surface area contributed by atoms with Crippen LogP contribution in [0, 0.1) is 0 Å². The molecule has 0 aliphatic rings. The first-order chi connectivity index (χ1) is 15.5. The minimum atomic E-state index is -5.00. The Kier molecular flexibility index (Phi) is 12.4. The van der Waals surface area contributed by atoms with Gasteiger partial charge >= 0.3 is 24.1 Å². The van der Waals surface area contributed by atoms with Crippen molar-refractivity contribution in [3.05, 3.63) is 0 Å². The van der Waals surface area contributed by atoms with E-state index in [0.717, 1.165) is 7.11 Å². The first kappa shape index (κ1) is 30.9. The van der Waals surface area contributed by atoms with Crippen molar-refractivity contribution >= 4 is 29.8 Å². The molecule has 3 atom stereocenters. The van der Waals surface area contributed by atoms with Crippen LogP contribution in [0.15, 0.2) is 0 Å². The summed E-state index contributed by atoms with van der Waals surface area (Å²) in [4.78, 5) is 59.2. The summed E-state index contributed by atoms with van der Waals surface area (Å²) < 4.78 is 46.3. The molecular weight excluding hydrogens is 465 g/mol. The second-order valence-corrected chi connectivity index (χ2v) is 8.43. The maximum atomic E-state index is 12.7. The molecular formula is C20H33F3N4O7. The van der Waals surface area contributed by atoms with Crippen LogP contribution >= 0.6 is 0 Å². The second-order valence-electron chi connectivity index (χ2n) is 8.43. The Balaban J connectivity index is 5.00. The van der Waals surface area contributed by atoms with Crippen LogP contribution < -0.4 is 21.3 Å². The number of ether oxygens (including phenoxy) is 2. The highest BCUT2D eigenvalue weighted by Crippen LogP contribution is 2.14. The fourth-order valence-corrected chi connectivity index (χ4v) is 2.45. The first-order valence-electron chi connectivity index (χ1n) is 10.5. The van der Waals surface area contributed by atoms with Crippen molar-refractivity contribution in [2.24, 2.45) is 0 Å². The Morgan fingerprint density at radius 1 is 0.853 bits per heavy atom. The van der Waals surface area contributed by atoms with E-state index < -0.39 is 59.7 Å². The van der Waals surface area contributed by atoms with Crippen LogP contribution in [0.5, 0.6) is 0 Å². The molecule has 0 heterocycles. The molecule has 0 saturated heterocycles. The van der Waals surface area contributed by atoms with Crippen molar-refractivity contribution in [2.45, 2.75) is 83.8 Å². The van der Waals surface area contributed by atoms with Gasteiger partial charge in [0.25, 0.3) is 0 Å². The monoisotopic (exact) mass is 498 g/mol. The van der Waals surface area contributed by atoms with E-state index in [2.05, 4.69) is 20.7 Å². The summed E-state index contributed by atoms with van der Waals surface area (Å²) in [6, 6.07) is -3.23. The Morgan fingerprint density at radius 2 is 1.41 bits per heavy atom. The number of methoxy groups -OCH3 is 1. The minimum absolute atomic E-state index is 0.0140. The fraction of sp³-hybridized carbons (Fsp3) is 0.750. The molecule has 3 unspecified atom stereocenters. The van der Waals surface area contributed by atoms with Crippen molar-refractivity contribution in [3.63, 3.8) is 0 Å². The predicted molar refractivity (Wildman–Crippen MR) is 113 cm³/mol. The van der Waals surface area contributed by atoms with E-state index in [-0.39, 0.29) is 25.8 Å². The van der Waals surface area contributed by atoms with E-state index in [1.807, 2.05) is 0 Å². The van der Waals surface area contributed by atoms with Crippen LogP contribution in [0.2, 0.25) is 0 Å². The van der Waals surface area contributed by atoms with E-state index in [4.69, 9.17) is 4.74 Å². The molecule has 0 aromatic heterocycles. The molecule has 14 heteroatoms. The number of carbonyl (C=O) groups excluding carboxylic acids is 5. The van der Waals surface area contributed by atoms with Gasteiger partial charge in [0.15, 0.2) is 0 Å². The average molecular weight is 498 g/mol. The summed E-state index contributed by atoms with van der Waals surface area (Å²) in [5, 5.41) is 8.83. The van der Waals surface area contributed by atoms with Gasteiger partial charge in [-0.15, -0.1) is 0 Å². The molecule has 0 radical (unpaired) electrons. The van der Waals surface area contributed by atoms with Gasteiger partial charge in [-0.05, 0) is 53.9 Å². The molecule has 0 rings (SSSR count). The van der Waals surface area contributed by atoms with Gasteiger partial charge < -0.3 is 30.7 Å². The standard InChI is InChI=1S/C20H33F3N4O7/c1-11(14(28)26-12(2)16(30)33-6)25-15(29)13(27-18(32)34-19(3,4)5)9-7-8-10-24-17(31)20(21,22)23/h11-13H,7-10H2,1-6H3,(H,24,31)(H,25,29)(H,26,28)(H,27,32). The number of rotatable bonds is 11. The van der Waals surface area contributed by atoms with Crippen LogP contribution in [0.4, 0.5) is 18.0 Å². The number of unbranched alkanes of at least 4 members (excludes halogenated alkanes) is 1. The molecule has 196 valence electrons. The maximum absolute atomic E-state index is 12.7. The highest BCUT2D eigenvalue weighted by Gasteiger charge is 2.38. The molecule has 0 aliphatic carbocycles. The number of carbonyl (C=O) groups is 5. The van der Waals surface area contributed by atoms with Gasteiger partial charge in [0.1, 0.15) is 23.7 Å². The molecule has 0 spiro atoms. The van der Waals surface area contributed by atoms with E-state index in [1.165, 1.54) is 13.8 Å². The Hall–Kier alpha value is -3.06. The number of nitrogens with one attached hydrogen (secondary N) is 4. The SMILES string of the molecule is COC(=O)C(C)NC(=O)C(C)NC(=O)C(CCCCNC(=O)C(F)(F)F)NC(=O)OC(C)(C)C. The Morgan fingerprint density at radius 3 is 1.91 bits per heavy atom. The number of halogens is 3. The second kappa shape index (κ2) is 13.6. The fourth-order valence-electron chi connectivity index (χ4n) is 2.45. The topological polar surface area (TPSA) is 152 Å². The zero-order valence-corrected chi connectivity index (χ0v) is 20.1. The molecule has 4 N–H and O–H groups in total. The van der Waals surface area contributed by atoms with Crippen molar-refractivity contribution < 1.29 is 46.6 Å². The van der Waals surface area contributed by atoms with Gasteiger partial charge in [0.05, 0.1) is 7.11 Å². The number of esters is 1. The van der Waals surface area contributed by atoms with Gasteiger partial charge in [-0.1, -0.05) is 0 Å². The lowest BCUT2D eigenvalue weighted by Crippen LogP contribution is -2.54. The third kappa shape index (κ3) is 12.8. The molecule has 0 fully saturated rings. The third-order valence-electron chi connectivity index (χ3n) is 4.14. The van der Waals surface area contributed by atoms with Gasteiger partial charge in [-0.3, -0.25) is 14.4 Å². The lowest BCUT2D eigenvalue weighted by atomic mass is 10.1. The number of hydrogen-bond donors (Lipinski definition) is 4. The number of hydrogen-bond acceptors (Lipinski definition) is 7. The van der Waals surface area contributed by atoms with Crippen LogP contribution in [-0.2, 0) is 28.7 Å². The normalized spacial score (nSPS) is 14.1. The van der Waals surface area contributed by atoms with Crippen molar-refractivity contribution in [1.82, 2.24) is 21.3 Å². The number of alkyl halides is 3. The van der Waals surface area contributed by atoms with Crippen molar-refractivity contribution in [2.75, 3.05) is 13.7 Å². The summed E-state index contributed by atoms with van der Waals surface area (Å²) in [7, 11) is 1.15. The van der Waals surface area contributed by atoms with E-state index in [9.17, 15) is 37.1 Å². The predicted octanol–water partition coefficient (Wildman–Crippen LogP) is 0.911. The van der Waals surface area contributed by atoms with Crippen LogP contribution in [0.1, 0.15) is 53.9 Å². The van der Waals surface area contributed by atoms with Gasteiger partial charge in [0.2, 0.25) is 11.8 Å². The lowest BCUT2D eigenvalue weighted by molar-refractivity contribution is -0.173. The van der Waals surface area contributed by atoms with Crippen LogP contribution in [-0.4, -0.2) is 73.3 Å². The summed E-state index contributed by atoms with van der Waals surface area (Å²) in [6.45, 7) is 7.29. The summed E-state index contributed by atoms with van der Waals surface area (Å²) in [5.74, 6) is -4.20. The van der Waals surface area contributed by atoms with E-state index >= 15 is 0 Å². The van der Waals surface area contributed by atoms with E-state index in [0.29, 0.717) is 0 Å². The molecule has 11 nitrogen and oxygen atoms in total. The average Bonchev–Trinajstić information content (AvgIpc) is 2.69. The van der Waals surface area contributed by atoms with Crippen molar-refractivity contribution in [3.8, 4) is 0 Å². The third-order valence-corrected chi connectivity index (χ3v) is 4.14. The highest BCUT2D eigenvalue weighted by molar-refractivity contribution is 5.92. The minimum Gasteiger partial charge on any atom is -0.467 e. The molecule has 0 bridgehead atoms. The lowest BCUT2D eigenvalue weighted by Gasteiger charge is -2.24. The molecule has 0 saturated carbocycles. The maximum Gasteiger partial charge on any atom is 0.471 e. The quantitative estimate of drug-likeness (QED) is 0.244. The summed E-state index contributed by atoms with van der Waals surface area (Å²) in [6.07, 6.45) is -5.67. The zero-order chi connectivity index (χ0) is 26.7. The van der Waals surface area contributed by atoms with Gasteiger partial charge in [-0.2, -0.15) is 13.2 Å². The zero-order valence-electron chi connectivity index (χ0n) is 20.1. The Bertz CT molecular complexity index is 739. The van der Waals surface area contributed by atoms with Crippen LogP contribution in [0.25, 0.3) is 0 Å². The Labute approximate surface area is 195 Å². The number of alkyl carbamates (subject to hydrolysis) is 1. The molecule has 0 aromatic carbocycles. The molecule has 4 amide bonds. The van der Waals surface area contributed by atoms with E-state index in [1.54, 1.807) is 26.1 Å². The van der Waals surface area contributed by atoms with Crippen molar-refractivity contribution in [1.29, 1.82) is 0 Å². The smallest absolute Gasteiger partial charge is 0.467 e.